The summed E-state index contributed by atoms with van der Waals surface area (Å²) in [4.78, 5) is 2.22. The molecule has 2 aromatic rings. The van der Waals surface area contributed by atoms with Crippen LogP contribution in [0.4, 0.5) is 4.39 Å². The highest BCUT2D eigenvalue weighted by Crippen LogP contribution is 2.33. The SMILES string of the molecule is Cn1nccc1CN1C[C@H](O)C[C@H]1c1ccc(F)cc1. The number of hydrogen-bond acceptors (Lipinski definition) is 3. The Balaban J connectivity index is 1.81. The van der Waals surface area contributed by atoms with Gasteiger partial charge in [0.1, 0.15) is 5.82 Å². The van der Waals surface area contributed by atoms with Crippen LogP contribution in [0.1, 0.15) is 23.7 Å². The van der Waals surface area contributed by atoms with Crippen LogP contribution in [0.5, 0.6) is 0 Å². The summed E-state index contributed by atoms with van der Waals surface area (Å²) in [6.45, 7) is 1.36. The van der Waals surface area contributed by atoms with Gasteiger partial charge in [-0.25, -0.2) is 4.39 Å². The fraction of sp³-hybridized carbons (Fsp3) is 0.400. The van der Waals surface area contributed by atoms with Gasteiger partial charge in [-0.2, -0.15) is 5.10 Å². The van der Waals surface area contributed by atoms with Gasteiger partial charge < -0.3 is 5.11 Å². The molecule has 1 saturated heterocycles. The first kappa shape index (κ1) is 13.3. The van der Waals surface area contributed by atoms with Gasteiger partial charge in [0.05, 0.1) is 11.8 Å². The van der Waals surface area contributed by atoms with E-state index in [0.29, 0.717) is 13.0 Å². The zero-order valence-corrected chi connectivity index (χ0v) is 11.4. The van der Waals surface area contributed by atoms with Crippen LogP contribution in [-0.2, 0) is 13.6 Å². The number of aliphatic hydroxyl groups is 1. The van der Waals surface area contributed by atoms with Crippen LogP contribution in [0.25, 0.3) is 0 Å². The predicted octanol–water partition coefficient (Wildman–Crippen LogP) is 1.87. The summed E-state index contributed by atoms with van der Waals surface area (Å²) in [6.07, 6.45) is 2.12. The molecule has 0 spiro atoms. The Kier molecular flexibility index (Phi) is 3.54. The molecule has 1 aromatic carbocycles. The Bertz CT molecular complexity index is 581. The minimum Gasteiger partial charge on any atom is -0.392 e. The van der Waals surface area contributed by atoms with Crippen LogP contribution >= 0.6 is 0 Å². The zero-order chi connectivity index (χ0) is 14.1. The number of halogens is 1. The quantitative estimate of drug-likeness (QED) is 0.929. The maximum Gasteiger partial charge on any atom is 0.123 e. The third-order valence-corrected chi connectivity index (χ3v) is 3.92. The van der Waals surface area contributed by atoms with Crippen molar-refractivity contribution in [2.75, 3.05) is 6.54 Å². The van der Waals surface area contributed by atoms with E-state index in [1.54, 1.807) is 18.3 Å². The minimum atomic E-state index is -0.335. The lowest BCUT2D eigenvalue weighted by molar-refractivity contribution is 0.171. The summed E-state index contributed by atoms with van der Waals surface area (Å²) in [6, 6.07) is 8.65. The molecule has 1 fully saturated rings. The maximum absolute atomic E-state index is 13.0. The van der Waals surface area contributed by atoms with E-state index < -0.39 is 0 Å². The van der Waals surface area contributed by atoms with E-state index in [0.717, 1.165) is 17.8 Å². The largest absolute Gasteiger partial charge is 0.392 e. The van der Waals surface area contributed by atoms with Gasteiger partial charge in [-0.05, 0) is 30.2 Å². The predicted molar refractivity (Wildman–Crippen MR) is 73.4 cm³/mol. The second-order valence-corrected chi connectivity index (χ2v) is 5.33. The summed E-state index contributed by atoms with van der Waals surface area (Å²) in [5, 5.41) is 14.1. The first-order valence-corrected chi connectivity index (χ1v) is 6.78. The molecule has 0 unspecified atom stereocenters. The van der Waals surface area contributed by atoms with Crippen molar-refractivity contribution in [2.45, 2.75) is 25.1 Å². The molecule has 0 saturated carbocycles. The molecule has 0 aliphatic carbocycles. The number of hydrogen-bond donors (Lipinski definition) is 1. The lowest BCUT2D eigenvalue weighted by atomic mass is 10.0. The molecule has 0 bridgehead atoms. The third-order valence-electron chi connectivity index (χ3n) is 3.92. The van der Waals surface area contributed by atoms with Crippen LogP contribution in [0.15, 0.2) is 36.5 Å². The topological polar surface area (TPSA) is 41.3 Å². The molecule has 4 nitrogen and oxygen atoms in total. The first-order chi connectivity index (χ1) is 9.63. The van der Waals surface area contributed by atoms with Crippen LogP contribution in [-0.4, -0.2) is 32.4 Å². The normalized spacial score (nSPS) is 23.4. The second kappa shape index (κ2) is 5.34. The molecule has 2 heterocycles. The van der Waals surface area contributed by atoms with Crippen molar-refractivity contribution in [3.05, 3.63) is 53.6 Å². The van der Waals surface area contributed by atoms with E-state index in [-0.39, 0.29) is 18.0 Å². The first-order valence-electron chi connectivity index (χ1n) is 6.78. The molecular formula is C15H18FN3O. The van der Waals surface area contributed by atoms with Crippen LogP contribution in [0, 0.1) is 5.82 Å². The van der Waals surface area contributed by atoms with Gasteiger partial charge >= 0.3 is 0 Å². The summed E-state index contributed by atoms with van der Waals surface area (Å²) in [5.41, 5.74) is 2.15. The monoisotopic (exact) mass is 275 g/mol. The van der Waals surface area contributed by atoms with Gasteiger partial charge in [0.15, 0.2) is 0 Å². The van der Waals surface area contributed by atoms with Gasteiger partial charge in [0, 0.05) is 32.4 Å². The van der Waals surface area contributed by atoms with E-state index in [2.05, 4.69) is 10.00 Å². The average molecular weight is 275 g/mol. The molecule has 106 valence electrons. The van der Waals surface area contributed by atoms with E-state index in [4.69, 9.17) is 0 Å². The van der Waals surface area contributed by atoms with Gasteiger partial charge in [-0.15, -0.1) is 0 Å². The number of rotatable bonds is 3. The molecular weight excluding hydrogens is 257 g/mol. The van der Waals surface area contributed by atoms with Gasteiger partial charge in [-0.1, -0.05) is 12.1 Å². The molecule has 1 N–H and O–H groups in total. The van der Waals surface area contributed by atoms with Crippen molar-refractivity contribution in [1.29, 1.82) is 0 Å². The van der Waals surface area contributed by atoms with Crippen molar-refractivity contribution in [3.63, 3.8) is 0 Å². The number of likely N-dealkylation sites (tertiary alicyclic amines) is 1. The van der Waals surface area contributed by atoms with Crippen molar-refractivity contribution < 1.29 is 9.50 Å². The van der Waals surface area contributed by atoms with E-state index >= 15 is 0 Å². The zero-order valence-electron chi connectivity index (χ0n) is 11.4. The number of benzene rings is 1. The van der Waals surface area contributed by atoms with E-state index in [1.807, 2.05) is 17.8 Å². The van der Waals surface area contributed by atoms with Crippen molar-refractivity contribution in [3.8, 4) is 0 Å². The van der Waals surface area contributed by atoms with Gasteiger partial charge in [0.25, 0.3) is 0 Å². The van der Waals surface area contributed by atoms with Crippen molar-refractivity contribution >= 4 is 0 Å². The van der Waals surface area contributed by atoms with Crippen LogP contribution in [0.2, 0.25) is 0 Å². The van der Waals surface area contributed by atoms with E-state index in [1.165, 1.54) is 12.1 Å². The van der Waals surface area contributed by atoms with Gasteiger partial charge in [0.2, 0.25) is 0 Å². The van der Waals surface area contributed by atoms with Crippen LogP contribution in [0.3, 0.4) is 0 Å². The van der Waals surface area contributed by atoms with Gasteiger partial charge in [-0.3, -0.25) is 9.58 Å². The molecule has 2 atom stereocenters. The molecule has 20 heavy (non-hydrogen) atoms. The average Bonchev–Trinajstić information content (AvgIpc) is 2.98. The Morgan fingerprint density at radius 1 is 1.30 bits per heavy atom. The molecule has 3 rings (SSSR count). The molecule has 0 amide bonds. The van der Waals surface area contributed by atoms with E-state index in [9.17, 15) is 9.50 Å². The highest BCUT2D eigenvalue weighted by atomic mass is 19.1. The highest BCUT2D eigenvalue weighted by Gasteiger charge is 2.32. The van der Waals surface area contributed by atoms with Crippen molar-refractivity contribution in [1.82, 2.24) is 14.7 Å². The Morgan fingerprint density at radius 3 is 2.70 bits per heavy atom. The third kappa shape index (κ3) is 2.59. The fourth-order valence-electron chi connectivity index (χ4n) is 2.85. The summed E-state index contributed by atoms with van der Waals surface area (Å²) in [7, 11) is 1.91. The Labute approximate surface area is 117 Å². The minimum absolute atomic E-state index is 0.125. The lowest BCUT2D eigenvalue weighted by Gasteiger charge is -2.24. The molecule has 0 radical (unpaired) electrons. The molecule has 1 aliphatic heterocycles. The van der Waals surface area contributed by atoms with Crippen LogP contribution < -0.4 is 0 Å². The number of β-amino-alcohol motifs (C(OH)–C–C–N with tert-alkyl or cyclic N) is 1. The summed E-state index contributed by atoms with van der Waals surface area (Å²) >= 11 is 0. The smallest absolute Gasteiger partial charge is 0.123 e. The second-order valence-electron chi connectivity index (χ2n) is 5.33. The van der Waals surface area contributed by atoms with Crippen molar-refractivity contribution in [2.24, 2.45) is 7.05 Å². The standard InChI is InChI=1S/C15H18FN3O/c1-18-13(6-7-17-18)9-19-10-14(20)8-15(19)11-2-4-12(16)5-3-11/h2-7,14-15,20H,8-10H2,1H3/t14-,15+/m1/s1. The number of aryl methyl sites for hydroxylation is 1. The summed E-state index contributed by atoms with van der Waals surface area (Å²) in [5.74, 6) is -0.231. The molecule has 1 aliphatic rings. The number of aliphatic hydroxyl groups excluding tert-OH is 1. The number of aromatic nitrogens is 2. The highest BCUT2D eigenvalue weighted by molar-refractivity contribution is 5.22. The lowest BCUT2D eigenvalue weighted by Crippen LogP contribution is -2.25. The molecule has 5 heteroatoms. The summed E-state index contributed by atoms with van der Waals surface area (Å²) < 4.78 is 14.9. The number of nitrogens with zero attached hydrogens (tertiary/aromatic N) is 3. The fourth-order valence-corrected chi connectivity index (χ4v) is 2.85. The Hall–Kier alpha value is -1.72. The maximum atomic E-state index is 13.0. The Morgan fingerprint density at radius 2 is 2.05 bits per heavy atom. The molecule has 1 aromatic heterocycles.